The molecule has 0 aromatic carbocycles. The third kappa shape index (κ3) is 44.0. The summed E-state index contributed by atoms with van der Waals surface area (Å²) < 4.78 is 28.5. The van der Waals surface area contributed by atoms with E-state index in [9.17, 15) is 34.5 Å². The molecule has 0 aromatic rings. The van der Waals surface area contributed by atoms with Gasteiger partial charge in [-0.05, 0) is 96.3 Å². The summed E-state index contributed by atoms with van der Waals surface area (Å²) in [6.07, 6.45) is 59.4. The van der Waals surface area contributed by atoms with Crippen LogP contribution in [0.4, 0.5) is 0 Å². The normalized spacial score (nSPS) is 18.5. The number of aliphatic carboxylic acids is 1. The first kappa shape index (κ1) is 72.7. The van der Waals surface area contributed by atoms with Gasteiger partial charge in [-0.15, -0.1) is 0 Å². The van der Waals surface area contributed by atoms with Crippen molar-refractivity contribution in [2.45, 2.75) is 289 Å². The smallest absolute Gasteiger partial charge is 0.335 e. The number of carboxylic acid groups (broad SMARTS) is 1. The fourth-order valence-corrected chi connectivity index (χ4v) is 8.94. The van der Waals surface area contributed by atoms with E-state index in [0.29, 0.717) is 19.3 Å². The van der Waals surface area contributed by atoms with Crippen LogP contribution >= 0.6 is 0 Å². The average Bonchev–Trinajstić information content (AvgIpc) is 3.44. The van der Waals surface area contributed by atoms with Gasteiger partial charge in [-0.25, -0.2) is 4.79 Å². The Hall–Kier alpha value is -4.36. The molecule has 79 heavy (non-hydrogen) atoms. The Morgan fingerprint density at radius 2 is 0.797 bits per heavy atom. The topological polar surface area (TPSA) is 175 Å². The fourth-order valence-electron chi connectivity index (χ4n) is 8.94. The van der Waals surface area contributed by atoms with Gasteiger partial charge in [0.15, 0.2) is 24.6 Å². The lowest BCUT2D eigenvalue weighted by atomic mass is 9.98. The Labute approximate surface area is 479 Å². The summed E-state index contributed by atoms with van der Waals surface area (Å²) in [7, 11) is 0. The fraction of sp³-hybridized carbons (Fsp3) is 0.701. The van der Waals surface area contributed by atoms with Crippen molar-refractivity contribution in [3.05, 3.63) is 97.2 Å². The summed E-state index contributed by atoms with van der Waals surface area (Å²) >= 11 is 0. The van der Waals surface area contributed by atoms with Gasteiger partial charge in [0.2, 0.25) is 0 Å². The van der Waals surface area contributed by atoms with Crippen molar-refractivity contribution in [1.82, 2.24) is 0 Å². The molecule has 0 amide bonds. The number of carbonyl (C=O) groups is 4. The van der Waals surface area contributed by atoms with E-state index < -0.39 is 67.3 Å². The van der Waals surface area contributed by atoms with Crippen LogP contribution in [0.3, 0.4) is 0 Å². The SMILES string of the molecule is CC/C=C\C/C=C\C/C=C\C/C=C\C/C=C\CCCCCC(=O)OCC(COC1OC(C(=O)O)C(O)C(O)C1OC(=O)CCCCCCCCCCCCCCC)OC(=O)CCCCCCCCC/C=C\C/C=C\C/C=C\CC. The highest BCUT2D eigenvalue weighted by atomic mass is 16.7. The van der Waals surface area contributed by atoms with E-state index in [1.807, 2.05) is 0 Å². The molecule has 1 fully saturated rings. The minimum absolute atomic E-state index is 0.0550. The summed E-state index contributed by atoms with van der Waals surface area (Å²) in [6.45, 7) is 5.74. The molecular weight excluding hydrogens is 997 g/mol. The number of aliphatic hydroxyl groups is 2. The largest absolute Gasteiger partial charge is 0.479 e. The highest BCUT2D eigenvalue weighted by Gasteiger charge is 2.50. The second-order valence-corrected chi connectivity index (χ2v) is 20.9. The molecule has 450 valence electrons. The lowest BCUT2D eigenvalue weighted by Crippen LogP contribution is -2.61. The van der Waals surface area contributed by atoms with Crippen LogP contribution in [0.15, 0.2) is 97.2 Å². The number of carboxylic acids is 1. The van der Waals surface area contributed by atoms with Gasteiger partial charge in [0.05, 0.1) is 6.61 Å². The van der Waals surface area contributed by atoms with Gasteiger partial charge in [0, 0.05) is 19.3 Å². The predicted octanol–water partition coefficient (Wildman–Crippen LogP) is 16.5. The van der Waals surface area contributed by atoms with Crippen LogP contribution < -0.4 is 0 Å². The molecule has 0 spiro atoms. The number of rotatable bonds is 52. The number of hydrogen-bond acceptors (Lipinski definition) is 11. The van der Waals surface area contributed by atoms with E-state index in [1.54, 1.807) is 0 Å². The number of aliphatic hydroxyl groups excluding tert-OH is 2. The molecular formula is C67H110O12. The summed E-state index contributed by atoms with van der Waals surface area (Å²) in [6, 6.07) is 0. The number of esters is 3. The maximum atomic E-state index is 13.2. The Bertz CT molecular complexity index is 1740. The number of allylic oxidation sites excluding steroid dienone is 16. The first-order valence-corrected chi connectivity index (χ1v) is 31.2. The first-order chi connectivity index (χ1) is 38.6. The molecule has 0 saturated carbocycles. The number of hydrogen-bond donors (Lipinski definition) is 3. The van der Waals surface area contributed by atoms with E-state index in [0.717, 1.165) is 141 Å². The van der Waals surface area contributed by atoms with Crippen LogP contribution in [0.1, 0.15) is 252 Å². The van der Waals surface area contributed by atoms with E-state index in [1.165, 1.54) is 51.4 Å². The number of carbonyl (C=O) groups excluding carboxylic acids is 3. The summed E-state index contributed by atoms with van der Waals surface area (Å²) in [5, 5.41) is 31.5. The van der Waals surface area contributed by atoms with Crippen molar-refractivity contribution in [3.63, 3.8) is 0 Å². The van der Waals surface area contributed by atoms with E-state index in [4.69, 9.17) is 23.7 Å². The predicted molar refractivity (Wildman–Crippen MR) is 321 cm³/mol. The second-order valence-electron chi connectivity index (χ2n) is 20.9. The summed E-state index contributed by atoms with van der Waals surface area (Å²) in [5.74, 6) is -3.17. The van der Waals surface area contributed by atoms with E-state index >= 15 is 0 Å². The number of ether oxygens (including phenoxy) is 5. The highest BCUT2D eigenvalue weighted by Crippen LogP contribution is 2.26. The molecule has 6 atom stereocenters. The molecule has 0 aromatic heterocycles. The zero-order valence-corrected chi connectivity index (χ0v) is 49.6. The van der Waals surface area contributed by atoms with Gasteiger partial charge < -0.3 is 39.0 Å². The first-order valence-electron chi connectivity index (χ1n) is 31.2. The van der Waals surface area contributed by atoms with Crippen LogP contribution in [-0.2, 0) is 42.9 Å². The van der Waals surface area contributed by atoms with Crippen molar-refractivity contribution >= 4 is 23.9 Å². The highest BCUT2D eigenvalue weighted by molar-refractivity contribution is 5.74. The summed E-state index contributed by atoms with van der Waals surface area (Å²) in [4.78, 5) is 51.2. The van der Waals surface area contributed by atoms with Crippen LogP contribution in [0.25, 0.3) is 0 Å². The van der Waals surface area contributed by atoms with Crippen molar-refractivity contribution in [2.24, 2.45) is 0 Å². The number of unbranched alkanes of at least 4 members (excludes halogenated alkanes) is 22. The van der Waals surface area contributed by atoms with Crippen molar-refractivity contribution in [3.8, 4) is 0 Å². The molecule has 12 nitrogen and oxygen atoms in total. The minimum atomic E-state index is -1.91. The zero-order chi connectivity index (χ0) is 57.5. The Morgan fingerprint density at radius 1 is 0.430 bits per heavy atom. The second kappa shape index (κ2) is 54.2. The molecule has 1 heterocycles. The van der Waals surface area contributed by atoms with E-state index in [-0.39, 0.29) is 25.9 Å². The zero-order valence-electron chi connectivity index (χ0n) is 49.6. The molecule has 1 saturated heterocycles. The Kier molecular flexibility index (Phi) is 49.9. The van der Waals surface area contributed by atoms with E-state index in [2.05, 4.69) is 118 Å². The molecule has 0 bridgehead atoms. The van der Waals surface area contributed by atoms with Crippen LogP contribution in [0.2, 0.25) is 0 Å². The Balaban J connectivity index is 2.71. The molecule has 3 N–H and O–H groups in total. The van der Waals surface area contributed by atoms with Gasteiger partial charge >= 0.3 is 23.9 Å². The van der Waals surface area contributed by atoms with Crippen molar-refractivity contribution in [2.75, 3.05) is 13.2 Å². The molecule has 1 rings (SSSR count). The van der Waals surface area contributed by atoms with Crippen molar-refractivity contribution < 1.29 is 58.2 Å². The van der Waals surface area contributed by atoms with Gasteiger partial charge in [-0.3, -0.25) is 14.4 Å². The molecule has 0 radical (unpaired) electrons. The van der Waals surface area contributed by atoms with Crippen LogP contribution in [0.5, 0.6) is 0 Å². The maximum absolute atomic E-state index is 13.2. The molecule has 6 unspecified atom stereocenters. The van der Waals surface area contributed by atoms with Crippen LogP contribution in [-0.4, -0.2) is 89.2 Å². The monoisotopic (exact) mass is 1110 g/mol. The lowest BCUT2D eigenvalue weighted by Gasteiger charge is -2.40. The Morgan fingerprint density at radius 3 is 1.23 bits per heavy atom. The quantitative estimate of drug-likeness (QED) is 0.0228. The minimum Gasteiger partial charge on any atom is -0.479 e. The van der Waals surface area contributed by atoms with Gasteiger partial charge in [0.25, 0.3) is 0 Å². The molecule has 1 aliphatic heterocycles. The third-order valence-corrected chi connectivity index (χ3v) is 13.7. The molecule has 12 heteroatoms. The van der Waals surface area contributed by atoms with Gasteiger partial charge in [-0.1, -0.05) is 234 Å². The van der Waals surface area contributed by atoms with Gasteiger partial charge in [-0.2, -0.15) is 0 Å². The third-order valence-electron chi connectivity index (χ3n) is 13.7. The maximum Gasteiger partial charge on any atom is 0.335 e. The van der Waals surface area contributed by atoms with Crippen molar-refractivity contribution in [1.29, 1.82) is 0 Å². The molecule has 0 aliphatic carbocycles. The molecule has 1 aliphatic rings. The summed E-state index contributed by atoms with van der Waals surface area (Å²) in [5.41, 5.74) is 0. The van der Waals surface area contributed by atoms with Crippen LogP contribution in [0, 0.1) is 0 Å². The van der Waals surface area contributed by atoms with Gasteiger partial charge in [0.1, 0.15) is 18.8 Å². The average molecular weight is 1110 g/mol. The standard InChI is InChI=1S/C67H110O12/c1-4-7-10-13-16-19-22-25-27-29-30-32-33-36-38-41-44-47-50-53-59(68)75-56-58(77-60(69)54-51-48-45-42-40-37-34-31-28-26-23-20-17-14-11-8-5-2)57-76-67-65(63(72)62(71)64(79-67)66(73)74)78-61(70)55-52-49-46-43-39-35-24-21-18-15-12-9-6-3/h7-8,10-11,16-17,19-20,25-28,30,32,36,38,58,62-65,67,71-72H,4-6,9,12-15,18,21-24,29,31,33-35,37,39-57H2,1-3H3,(H,73,74)/b10-7-,11-8-,19-16-,20-17-,27-25-,28-26-,32-30-,38-36-. The lowest BCUT2D eigenvalue weighted by molar-refractivity contribution is -0.301.